The van der Waals surface area contributed by atoms with E-state index in [9.17, 15) is 13.5 Å². The van der Waals surface area contributed by atoms with Gasteiger partial charge in [-0.2, -0.15) is 9.57 Å². The standard InChI is InChI=1S/C7H12N2O3S/c1-7(10)2-4-9(6-7)13(11,12)5-3-8/h10H,2,4-6H2,1H3. The fourth-order valence-electron chi connectivity index (χ4n) is 1.31. The van der Waals surface area contributed by atoms with E-state index in [0.717, 1.165) is 4.31 Å². The minimum atomic E-state index is -3.47. The maximum absolute atomic E-state index is 11.3. The van der Waals surface area contributed by atoms with Crippen LogP contribution in [0.2, 0.25) is 0 Å². The van der Waals surface area contributed by atoms with E-state index in [1.54, 1.807) is 13.0 Å². The average Bonchev–Trinajstić information content (AvgIpc) is 2.30. The van der Waals surface area contributed by atoms with Crippen LogP contribution in [0.5, 0.6) is 0 Å². The molecule has 1 fully saturated rings. The van der Waals surface area contributed by atoms with Gasteiger partial charge in [0.15, 0.2) is 5.75 Å². The van der Waals surface area contributed by atoms with Gasteiger partial charge in [-0.25, -0.2) is 8.42 Å². The van der Waals surface area contributed by atoms with Crippen LogP contribution in [0.15, 0.2) is 0 Å². The fraction of sp³-hybridized carbons (Fsp3) is 0.857. The van der Waals surface area contributed by atoms with Crippen LogP contribution < -0.4 is 0 Å². The van der Waals surface area contributed by atoms with Gasteiger partial charge >= 0.3 is 0 Å². The van der Waals surface area contributed by atoms with Crippen molar-refractivity contribution in [1.82, 2.24) is 4.31 Å². The molecule has 1 aliphatic rings. The topological polar surface area (TPSA) is 81.4 Å². The first-order valence-electron chi connectivity index (χ1n) is 3.94. The molecule has 6 heteroatoms. The summed E-state index contributed by atoms with van der Waals surface area (Å²) in [5.74, 6) is -0.511. The summed E-state index contributed by atoms with van der Waals surface area (Å²) in [5.41, 5.74) is -0.942. The highest BCUT2D eigenvalue weighted by molar-refractivity contribution is 7.89. The van der Waals surface area contributed by atoms with Gasteiger partial charge in [0.25, 0.3) is 0 Å². The summed E-state index contributed by atoms with van der Waals surface area (Å²) in [6, 6.07) is 1.60. The zero-order chi connectivity index (χ0) is 10.1. The van der Waals surface area contributed by atoms with Crippen LogP contribution >= 0.6 is 0 Å². The number of hydrogen-bond acceptors (Lipinski definition) is 4. The Kier molecular flexibility index (Phi) is 2.61. The molecule has 13 heavy (non-hydrogen) atoms. The zero-order valence-corrected chi connectivity index (χ0v) is 8.21. The summed E-state index contributed by atoms with van der Waals surface area (Å²) >= 11 is 0. The van der Waals surface area contributed by atoms with Gasteiger partial charge in [-0.1, -0.05) is 0 Å². The van der Waals surface area contributed by atoms with E-state index in [0.29, 0.717) is 13.0 Å². The lowest BCUT2D eigenvalue weighted by molar-refractivity contribution is 0.0763. The number of rotatable bonds is 2. The van der Waals surface area contributed by atoms with Gasteiger partial charge in [0.1, 0.15) is 0 Å². The van der Waals surface area contributed by atoms with E-state index in [1.165, 1.54) is 0 Å². The molecule has 1 N–H and O–H groups in total. The SMILES string of the molecule is CC1(O)CCN(S(=O)(=O)CC#N)C1. The van der Waals surface area contributed by atoms with Crippen molar-refractivity contribution in [2.75, 3.05) is 18.8 Å². The van der Waals surface area contributed by atoms with E-state index in [4.69, 9.17) is 5.26 Å². The molecule has 0 aromatic heterocycles. The molecule has 0 amide bonds. The Hall–Kier alpha value is -0.640. The van der Waals surface area contributed by atoms with E-state index in [-0.39, 0.29) is 6.54 Å². The summed E-state index contributed by atoms with van der Waals surface area (Å²) in [4.78, 5) is 0. The second-order valence-electron chi connectivity index (χ2n) is 3.49. The van der Waals surface area contributed by atoms with Crippen LogP contribution in [-0.4, -0.2) is 42.3 Å². The van der Waals surface area contributed by atoms with Gasteiger partial charge in [0.2, 0.25) is 10.0 Å². The second kappa shape index (κ2) is 3.25. The molecule has 0 aliphatic carbocycles. The van der Waals surface area contributed by atoms with Gasteiger partial charge in [-0.15, -0.1) is 0 Å². The van der Waals surface area contributed by atoms with E-state index >= 15 is 0 Å². The maximum atomic E-state index is 11.3. The lowest BCUT2D eigenvalue weighted by Crippen LogP contribution is -2.35. The average molecular weight is 204 g/mol. The summed E-state index contributed by atoms with van der Waals surface area (Å²) in [5, 5.41) is 17.8. The number of nitrogens with zero attached hydrogens (tertiary/aromatic N) is 2. The lowest BCUT2D eigenvalue weighted by atomic mass is 10.1. The molecule has 1 aliphatic heterocycles. The molecular weight excluding hydrogens is 192 g/mol. The summed E-state index contributed by atoms with van der Waals surface area (Å²) < 4.78 is 23.8. The van der Waals surface area contributed by atoms with E-state index in [1.807, 2.05) is 0 Å². The Morgan fingerprint density at radius 3 is 2.69 bits per heavy atom. The fourth-order valence-corrected chi connectivity index (χ4v) is 2.50. The molecule has 1 saturated heterocycles. The largest absolute Gasteiger partial charge is 0.389 e. The molecule has 74 valence electrons. The minimum absolute atomic E-state index is 0.0943. The van der Waals surface area contributed by atoms with Gasteiger partial charge in [0, 0.05) is 13.1 Å². The smallest absolute Gasteiger partial charge is 0.227 e. The van der Waals surface area contributed by atoms with Gasteiger partial charge in [-0.05, 0) is 13.3 Å². The molecule has 1 unspecified atom stereocenters. The highest BCUT2D eigenvalue weighted by Gasteiger charge is 2.37. The summed E-state index contributed by atoms with van der Waals surface area (Å²) in [6.07, 6.45) is 0.428. The van der Waals surface area contributed by atoms with Crippen LogP contribution in [0.4, 0.5) is 0 Å². The van der Waals surface area contributed by atoms with Crippen LogP contribution in [0, 0.1) is 11.3 Å². The molecule has 1 heterocycles. The van der Waals surface area contributed by atoms with Crippen LogP contribution in [-0.2, 0) is 10.0 Å². The Labute approximate surface area is 77.6 Å². The lowest BCUT2D eigenvalue weighted by Gasteiger charge is -2.17. The minimum Gasteiger partial charge on any atom is -0.389 e. The Bertz CT molecular complexity index is 328. The second-order valence-corrected chi connectivity index (χ2v) is 5.46. The zero-order valence-electron chi connectivity index (χ0n) is 7.39. The maximum Gasteiger partial charge on any atom is 0.227 e. The number of sulfonamides is 1. The number of hydrogen-bond donors (Lipinski definition) is 1. The van der Waals surface area contributed by atoms with E-state index in [2.05, 4.69) is 0 Å². The van der Waals surface area contributed by atoms with Crippen LogP contribution in [0.1, 0.15) is 13.3 Å². The first-order valence-corrected chi connectivity index (χ1v) is 5.55. The van der Waals surface area contributed by atoms with Crippen molar-refractivity contribution in [3.8, 4) is 6.07 Å². The molecule has 0 bridgehead atoms. The van der Waals surface area contributed by atoms with Crippen molar-refractivity contribution < 1.29 is 13.5 Å². The number of aliphatic hydroxyl groups is 1. The first kappa shape index (κ1) is 10.4. The molecule has 1 rings (SSSR count). The number of nitriles is 1. The Morgan fingerprint density at radius 1 is 1.69 bits per heavy atom. The van der Waals surface area contributed by atoms with Gasteiger partial charge in [0.05, 0.1) is 11.7 Å². The van der Waals surface area contributed by atoms with Crippen molar-refractivity contribution in [1.29, 1.82) is 5.26 Å². The quantitative estimate of drug-likeness (QED) is 0.644. The van der Waals surface area contributed by atoms with Crippen molar-refractivity contribution in [3.05, 3.63) is 0 Å². The highest BCUT2D eigenvalue weighted by Crippen LogP contribution is 2.22. The third-order valence-corrected chi connectivity index (χ3v) is 3.65. The molecule has 0 aromatic rings. The third kappa shape index (κ3) is 2.40. The molecule has 1 atom stereocenters. The van der Waals surface area contributed by atoms with Crippen molar-refractivity contribution >= 4 is 10.0 Å². The molecule has 0 radical (unpaired) electrons. The highest BCUT2D eigenvalue weighted by atomic mass is 32.2. The van der Waals surface area contributed by atoms with Crippen molar-refractivity contribution in [3.63, 3.8) is 0 Å². The predicted octanol–water partition coefficient (Wildman–Crippen LogP) is -0.704. The van der Waals surface area contributed by atoms with Crippen LogP contribution in [0.3, 0.4) is 0 Å². The Morgan fingerprint density at radius 2 is 2.31 bits per heavy atom. The molecule has 5 nitrogen and oxygen atoms in total. The predicted molar refractivity (Wildman–Crippen MR) is 46.2 cm³/mol. The Balaban J connectivity index is 2.73. The normalized spacial score (nSPS) is 30.2. The van der Waals surface area contributed by atoms with E-state index < -0.39 is 21.4 Å². The molecule has 0 spiro atoms. The number of β-amino-alcohol motifs (C(OH)–C–C–N with tert-alkyl or cyclic N) is 1. The first-order chi connectivity index (χ1) is 5.87. The van der Waals surface area contributed by atoms with Gasteiger partial charge < -0.3 is 5.11 Å². The molecular formula is C7H12N2O3S. The van der Waals surface area contributed by atoms with Crippen molar-refractivity contribution in [2.45, 2.75) is 18.9 Å². The molecule has 0 aromatic carbocycles. The summed E-state index contributed by atoms with van der Waals surface area (Å²) in [6.45, 7) is 1.99. The van der Waals surface area contributed by atoms with Crippen molar-refractivity contribution in [2.24, 2.45) is 0 Å². The molecule has 0 saturated carbocycles. The van der Waals surface area contributed by atoms with Gasteiger partial charge in [-0.3, -0.25) is 0 Å². The monoisotopic (exact) mass is 204 g/mol. The summed E-state index contributed by atoms with van der Waals surface area (Å²) in [7, 11) is -3.47. The van der Waals surface area contributed by atoms with Crippen LogP contribution in [0.25, 0.3) is 0 Å². The third-order valence-electron chi connectivity index (χ3n) is 2.06.